The Balaban J connectivity index is 1.54. The van der Waals surface area contributed by atoms with Crippen molar-refractivity contribution in [2.24, 2.45) is 13.0 Å². The quantitative estimate of drug-likeness (QED) is 0.912. The second kappa shape index (κ2) is 6.50. The first kappa shape index (κ1) is 16.7. The molecular formula is C20H24ClN3O. The number of amides is 1. The van der Waals surface area contributed by atoms with Crippen LogP contribution in [0.3, 0.4) is 0 Å². The van der Waals surface area contributed by atoms with E-state index in [0.29, 0.717) is 22.7 Å². The van der Waals surface area contributed by atoms with Crippen molar-refractivity contribution in [2.75, 3.05) is 13.1 Å². The van der Waals surface area contributed by atoms with Crippen LogP contribution in [0.1, 0.15) is 30.3 Å². The summed E-state index contributed by atoms with van der Waals surface area (Å²) in [5, 5.41) is 4.02. The lowest BCUT2D eigenvalue weighted by Gasteiger charge is -2.49. The standard InChI is InChI=1S/C20H24ClN3O/c1-13-19(15-9-11-24(13)12-10-15)22-20(25)18-8-7-17(23(18)2)14-3-5-16(21)6-4-14/h3-8,13,15,19H,9-12H2,1-2H3,(H,22,25). The monoisotopic (exact) mass is 357 g/mol. The van der Waals surface area contributed by atoms with E-state index < -0.39 is 0 Å². The molecule has 5 rings (SSSR count). The maximum absolute atomic E-state index is 12.9. The van der Waals surface area contributed by atoms with Gasteiger partial charge in [0, 0.05) is 29.8 Å². The van der Waals surface area contributed by atoms with Gasteiger partial charge in [-0.15, -0.1) is 0 Å². The largest absolute Gasteiger partial charge is 0.346 e. The summed E-state index contributed by atoms with van der Waals surface area (Å²) in [4.78, 5) is 15.4. The van der Waals surface area contributed by atoms with E-state index in [1.165, 1.54) is 25.9 Å². The third kappa shape index (κ3) is 2.98. The lowest BCUT2D eigenvalue weighted by molar-refractivity contribution is 0.0215. The highest BCUT2D eigenvalue weighted by molar-refractivity contribution is 6.30. The molecule has 2 bridgehead atoms. The van der Waals surface area contributed by atoms with Gasteiger partial charge in [0.15, 0.2) is 0 Å². The first-order valence-electron chi connectivity index (χ1n) is 9.01. The van der Waals surface area contributed by atoms with E-state index in [1.54, 1.807) is 0 Å². The zero-order chi connectivity index (χ0) is 17.6. The molecular weight excluding hydrogens is 334 g/mol. The molecule has 1 N–H and O–H groups in total. The molecule has 0 spiro atoms. The molecule has 1 amide bonds. The number of hydrogen-bond acceptors (Lipinski definition) is 2. The number of hydrogen-bond donors (Lipinski definition) is 1. The number of nitrogens with zero attached hydrogens (tertiary/aromatic N) is 2. The lowest BCUT2D eigenvalue weighted by atomic mass is 9.79. The highest BCUT2D eigenvalue weighted by Gasteiger charge is 2.40. The number of nitrogens with one attached hydrogen (secondary N) is 1. The van der Waals surface area contributed by atoms with E-state index in [9.17, 15) is 4.79 Å². The third-order valence-corrected chi connectivity index (χ3v) is 6.22. The predicted molar refractivity (Wildman–Crippen MR) is 101 cm³/mol. The molecule has 1 aromatic heterocycles. The van der Waals surface area contributed by atoms with Crippen molar-refractivity contribution in [2.45, 2.75) is 31.8 Å². The maximum atomic E-state index is 12.9. The summed E-state index contributed by atoms with van der Waals surface area (Å²) < 4.78 is 1.96. The van der Waals surface area contributed by atoms with E-state index in [2.05, 4.69) is 17.1 Å². The Morgan fingerprint density at radius 1 is 1.12 bits per heavy atom. The molecule has 3 saturated heterocycles. The van der Waals surface area contributed by atoms with Crippen molar-refractivity contribution in [1.29, 1.82) is 0 Å². The number of halogens is 1. The smallest absolute Gasteiger partial charge is 0.268 e. The normalized spacial score (nSPS) is 28.1. The van der Waals surface area contributed by atoms with Gasteiger partial charge in [-0.3, -0.25) is 9.69 Å². The Morgan fingerprint density at radius 3 is 2.44 bits per heavy atom. The van der Waals surface area contributed by atoms with Crippen molar-refractivity contribution < 1.29 is 4.79 Å². The summed E-state index contributed by atoms with van der Waals surface area (Å²) in [5.74, 6) is 0.633. The van der Waals surface area contributed by atoms with E-state index in [1.807, 2.05) is 48.0 Å². The van der Waals surface area contributed by atoms with Gasteiger partial charge in [-0.2, -0.15) is 0 Å². The number of benzene rings is 1. The van der Waals surface area contributed by atoms with Gasteiger partial charge in [0.2, 0.25) is 0 Å². The topological polar surface area (TPSA) is 37.3 Å². The second-order valence-electron chi connectivity index (χ2n) is 7.28. The minimum atomic E-state index is 0.0216. The van der Waals surface area contributed by atoms with Gasteiger partial charge in [0.1, 0.15) is 5.69 Å². The minimum Gasteiger partial charge on any atom is -0.346 e. The van der Waals surface area contributed by atoms with Crippen LogP contribution in [0.4, 0.5) is 0 Å². The van der Waals surface area contributed by atoms with Crippen LogP contribution in [0.25, 0.3) is 11.3 Å². The fourth-order valence-electron chi connectivity index (χ4n) is 4.42. The van der Waals surface area contributed by atoms with Crippen LogP contribution in [-0.4, -0.2) is 40.5 Å². The van der Waals surface area contributed by atoms with E-state index in [0.717, 1.165) is 11.3 Å². The van der Waals surface area contributed by atoms with Crippen molar-refractivity contribution >= 4 is 17.5 Å². The number of carbonyl (C=O) groups excluding carboxylic acids is 1. The van der Waals surface area contributed by atoms with Crippen molar-refractivity contribution in [3.05, 3.63) is 47.1 Å². The maximum Gasteiger partial charge on any atom is 0.268 e. The average Bonchev–Trinajstić information content (AvgIpc) is 3.01. The molecule has 2 aromatic rings. The number of fused-ring (bicyclic) bond motifs is 3. The molecule has 4 nitrogen and oxygen atoms in total. The molecule has 3 fully saturated rings. The molecule has 25 heavy (non-hydrogen) atoms. The second-order valence-corrected chi connectivity index (χ2v) is 7.72. The summed E-state index contributed by atoms with van der Waals surface area (Å²) in [6, 6.07) is 12.3. The molecule has 3 aliphatic heterocycles. The molecule has 5 heteroatoms. The number of aromatic nitrogens is 1. The Kier molecular flexibility index (Phi) is 4.34. The van der Waals surface area contributed by atoms with Crippen LogP contribution in [0.5, 0.6) is 0 Å². The SMILES string of the molecule is CC1C(NC(=O)c2ccc(-c3ccc(Cl)cc3)n2C)C2CCN1CC2. The van der Waals surface area contributed by atoms with Gasteiger partial charge < -0.3 is 9.88 Å². The Labute approximate surface area is 153 Å². The molecule has 4 heterocycles. The van der Waals surface area contributed by atoms with E-state index >= 15 is 0 Å². The summed E-state index contributed by atoms with van der Waals surface area (Å²) in [7, 11) is 1.94. The van der Waals surface area contributed by atoms with Gasteiger partial charge in [-0.1, -0.05) is 23.7 Å². The van der Waals surface area contributed by atoms with Gasteiger partial charge in [0.05, 0.1) is 0 Å². The van der Waals surface area contributed by atoms with Gasteiger partial charge >= 0.3 is 0 Å². The molecule has 0 radical (unpaired) electrons. The zero-order valence-corrected chi connectivity index (χ0v) is 15.5. The van der Waals surface area contributed by atoms with Gasteiger partial charge in [-0.25, -0.2) is 0 Å². The molecule has 1 aromatic carbocycles. The minimum absolute atomic E-state index is 0.0216. The van der Waals surface area contributed by atoms with Gasteiger partial charge in [0.25, 0.3) is 5.91 Å². The molecule has 0 aliphatic carbocycles. The molecule has 2 atom stereocenters. The summed E-state index contributed by atoms with van der Waals surface area (Å²) in [6.07, 6.45) is 2.39. The average molecular weight is 358 g/mol. The number of carbonyl (C=O) groups is 1. The molecule has 0 saturated carbocycles. The Morgan fingerprint density at radius 2 is 1.80 bits per heavy atom. The summed E-state index contributed by atoms with van der Waals surface area (Å²) >= 11 is 5.97. The van der Waals surface area contributed by atoms with Crippen molar-refractivity contribution in [3.63, 3.8) is 0 Å². The Bertz CT molecular complexity index is 773. The van der Waals surface area contributed by atoms with Crippen molar-refractivity contribution in [1.82, 2.24) is 14.8 Å². The van der Waals surface area contributed by atoms with Crippen LogP contribution in [0, 0.1) is 5.92 Å². The first-order valence-corrected chi connectivity index (χ1v) is 9.39. The fraction of sp³-hybridized carbons (Fsp3) is 0.450. The number of rotatable bonds is 3. The summed E-state index contributed by atoms with van der Waals surface area (Å²) in [5.41, 5.74) is 2.78. The summed E-state index contributed by atoms with van der Waals surface area (Å²) in [6.45, 7) is 4.58. The fourth-order valence-corrected chi connectivity index (χ4v) is 4.55. The van der Waals surface area contributed by atoms with Crippen LogP contribution < -0.4 is 5.32 Å². The van der Waals surface area contributed by atoms with Gasteiger partial charge in [-0.05, 0) is 68.6 Å². The number of piperidine rings is 3. The molecule has 132 valence electrons. The lowest BCUT2D eigenvalue weighted by Crippen LogP contribution is -2.62. The molecule has 3 aliphatic rings. The zero-order valence-electron chi connectivity index (χ0n) is 14.7. The highest BCUT2D eigenvalue weighted by atomic mass is 35.5. The van der Waals surface area contributed by atoms with E-state index in [4.69, 9.17) is 11.6 Å². The third-order valence-electron chi connectivity index (χ3n) is 5.97. The first-order chi connectivity index (χ1) is 12.0. The van der Waals surface area contributed by atoms with Crippen LogP contribution >= 0.6 is 11.6 Å². The van der Waals surface area contributed by atoms with Crippen LogP contribution in [-0.2, 0) is 7.05 Å². The van der Waals surface area contributed by atoms with Crippen LogP contribution in [0.15, 0.2) is 36.4 Å². The highest BCUT2D eigenvalue weighted by Crippen LogP contribution is 2.32. The predicted octanol–water partition coefficient (Wildman–Crippen LogP) is 3.56. The van der Waals surface area contributed by atoms with E-state index in [-0.39, 0.29) is 11.9 Å². The van der Waals surface area contributed by atoms with Crippen LogP contribution in [0.2, 0.25) is 5.02 Å². The Hall–Kier alpha value is -1.78. The van der Waals surface area contributed by atoms with Crippen molar-refractivity contribution in [3.8, 4) is 11.3 Å². The molecule has 2 unspecified atom stereocenters.